The van der Waals surface area contributed by atoms with Crippen molar-refractivity contribution in [2.75, 3.05) is 38.2 Å². The van der Waals surface area contributed by atoms with Gasteiger partial charge in [0, 0.05) is 25.7 Å². The Kier molecular flexibility index (Phi) is 6.01. The summed E-state index contributed by atoms with van der Waals surface area (Å²) in [6, 6.07) is 3.97. The van der Waals surface area contributed by atoms with Crippen LogP contribution in [0.4, 0.5) is 18.9 Å². The molecule has 1 aromatic carbocycles. The van der Waals surface area contributed by atoms with E-state index in [0.717, 1.165) is 25.7 Å². The third-order valence-corrected chi connectivity index (χ3v) is 3.76. The normalized spacial score (nSPS) is 16.3. The standard InChI is InChI=1S/C16H21F3N2O2/c1-12(22)20-14-5-4-13(15(11-14)16(17,18)19)3-2-6-21-7-9-23-10-8-21/h4-5,11H,2-3,6-10H2,1H3,(H,20,22). The molecule has 1 aliphatic rings. The number of alkyl halides is 3. The Morgan fingerprint density at radius 1 is 1.30 bits per heavy atom. The van der Waals surface area contributed by atoms with E-state index in [2.05, 4.69) is 10.2 Å². The van der Waals surface area contributed by atoms with Crippen LogP contribution in [0, 0.1) is 0 Å². The molecular weight excluding hydrogens is 309 g/mol. The third kappa shape index (κ3) is 5.51. The predicted octanol–water partition coefficient (Wildman–Crippen LogP) is 2.93. The molecule has 0 aromatic heterocycles. The molecule has 1 saturated heterocycles. The molecule has 1 amide bonds. The number of benzene rings is 1. The number of carbonyl (C=O) groups excluding carboxylic acids is 1. The van der Waals surface area contributed by atoms with Gasteiger partial charge in [-0.15, -0.1) is 0 Å². The molecule has 0 atom stereocenters. The Labute approximate surface area is 133 Å². The maximum absolute atomic E-state index is 13.2. The fourth-order valence-corrected chi connectivity index (χ4v) is 2.66. The Morgan fingerprint density at radius 3 is 2.61 bits per heavy atom. The van der Waals surface area contributed by atoms with Crippen LogP contribution in [0.25, 0.3) is 0 Å². The lowest BCUT2D eigenvalue weighted by molar-refractivity contribution is -0.138. The Morgan fingerprint density at radius 2 is 2.00 bits per heavy atom. The fourth-order valence-electron chi connectivity index (χ4n) is 2.66. The number of hydrogen-bond donors (Lipinski definition) is 1. The third-order valence-electron chi connectivity index (χ3n) is 3.76. The molecule has 1 aliphatic heterocycles. The first-order chi connectivity index (χ1) is 10.9. The molecule has 0 aliphatic carbocycles. The number of ether oxygens (including phenoxy) is 1. The van der Waals surface area contributed by atoms with E-state index < -0.39 is 17.6 Å². The number of aryl methyl sites for hydroxylation is 1. The lowest BCUT2D eigenvalue weighted by Gasteiger charge is -2.26. The van der Waals surface area contributed by atoms with Crippen LogP contribution in [-0.2, 0) is 22.1 Å². The van der Waals surface area contributed by atoms with E-state index in [4.69, 9.17) is 4.74 Å². The number of rotatable bonds is 5. The highest BCUT2D eigenvalue weighted by Crippen LogP contribution is 2.34. The van der Waals surface area contributed by atoms with Gasteiger partial charge in [-0.05, 0) is 37.1 Å². The summed E-state index contributed by atoms with van der Waals surface area (Å²) in [5, 5.41) is 2.39. The van der Waals surface area contributed by atoms with Crippen molar-refractivity contribution in [2.45, 2.75) is 25.9 Å². The summed E-state index contributed by atoms with van der Waals surface area (Å²) in [6.07, 6.45) is -3.42. The molecule has 1 aromatic rings. The highest BCUT2D eigenvalue weighted by atomic mass is 19.4. The molecule has 0 saturated carbocycles. The van der Waals surface area contributed by atoms with Crippen LogP contribution in [0.15, 0.2) is 18.2 Å². The van der Waals surface area contributed by atoms with Crippen LogP contribution in [0.5, 0.6) is 0 Å². The van der Waals surface area contributed by atoms with Crippen LogP contribution >= 0.6 is 0 Å². The second-order valence-electron chi connectivity index (χ2n) is 5.61. The van der Waals surface area contributed by atoms with Crippen LogP contribution < -0.4 is 5.32 Å². The monoisotopic (exact) mass is 330 g/mol. The summed E-state index contributed by atoms with van der Waals surface area (Å²) < 4.78 is 44.9. The van der Waals surface area contributed by atoms with Crippen molar-refractivity contribution in [1.29, 1.82) is 0 Å². The SMILES string of the molecule is CC(=O)Nc1ccc(CCCN2CCOCC2)c(C(F)(F)F)c1. The number of halogens is 3. The highest BCUT2D eigenvalue weighted by molar-refractivity contribution is 5.88. The van der Waals surface area contributed by atoms with E-state index >= 15 is 0 Å². The first kappa shape index (κ1) is 17.7. The summed E-state index contributed by atoms with van der Waals surface area (Å²) in [4.78, 5) is 13.2. The molecule has 23 heavy (non-hydrogen) atoms. The number of nitrogens with zero attached hydrogens (tertiary/aromatic N) is 1. The average molecular weight is 330 g/mol. The molecule has 1 fully saturated rings. The maximum atomic E-state index is 13.2. The van der Waals surface area contributed by atoms with Crippen molar-refractivity contribution < 1.29 is 22.7 Å². The van der Waals surface area contributed by atoms with Gasteiger partial charge >= 0.3 is 6.18 Å². The van der Waals surface area contributed by atoms with Gasteiger partial charge < -0.3 is 10.1 Å². The zero-order valence-corrected chi connectivity index (χ0v) is 13.1. The molecule has 0 radical (unpaired) electrons. The zero-order valence-electron chi connectivity index (χ0n) is 13.1. The number of nitrogens with one attached hydrogen (secondary N) is 1. The minimum atomic E-state index is -4.43. The van der Waals surface area contributed by atoms with Crippen molar-refractivity contribution in [3.8, 4) is 0 Å². The second kappa shape index (κ2) is 7.79. The number of hydrogen-bond acceptors (Lipinski definition) is 3. The number of anilines is 1. The Bertz CT molecular complexity index is 541. The molecule has 1 heterocycles. The second-order valence-corrected chi connectivity index (χ2v) is 5.61. The van der Waals surface area contributed by atoms with E-state index in [1.165, 1.54) is 19.1 Å². The van der Waals surface area contributed by atoms with Crippen LogP contribution in [0.3, 0.4) is 0 Å². The van der Waals surface area contributed by atoms with E-state index in [9.17, 15) is 18.0 Å². The highest BCUT2D eigenvalue weighted by Gasteiger charge is 2.33. The molecule has 0 unspecified atom stereocenters. The van der Waals surface area contributed by atoms with Gasteiger partial charge in [-0.1, -0.05) is 6.07 Å². The van der Waals surface area contributed by atoms with Gasteiger partial charge in [0.2, 0.25) is 5.91 Å². The van der Waals surface area contributed by atoms with E-state index in [-0.39, 0.29) is 11.3 Å². The quantitative estimate of drug-likeness (QED) is 0.902. The predicted molar refractivity (Wildman–Crippen MR) is 81.3 cm³/mol. The largest absolute Gasteiger partial charge is 0.416 e. The van der Waals surface area contributed by atoms with Crippen molar-refractivity contribution in [3.63, 3.8) is 0 Å². The van der Waals surface area contributed by atoms with E-state index in [1.807, 2.05) is 0 Å². The summed E-state index contributed by atoms with van der Waals surface area (Å²) in [6.45, 7) is 5.04. The van der Waals surface area contributed by atoms with Gasteiger partial charge in [0.25, 0.3) is 0 Å². The van der Waals surface area contributed by atoms with E-state index in [1.54, 1.807) is 0 Å². The molecule has 128 valence electrons. The minimum absolute atomic E-state index is 0.168. The topological polar surface area (TPSA) is 41.6 Å². The molecule has 4 nitrogen and oxygen atoms in total. The molecule has 2 rings (SSSR count). The first-order valence-electron chi connectivity index (χ1n) is 7.64. The lowest BCUT2D eigenvalue weighted by Crippen LogP contribution is -2.37. The first-order valence-corrected chi connectivity index (χ1v) is 7.64. The van der Waals surface area contributed by atoms with E-state index in [0.29, 0.717) is 26.1 Å². The van der Waals surface area contributed by atoms with Crippen LogP contribution in [0.2, 0.25) is 0 Å². The van der Waals surface area contributed by atoms with Gasteiger partial charge in [0.05, 0.1) is 18.8 Å². The average Bonchev–Trinajstić information content (AvgIpc) is 2.48. The summed E-state index contributed by atoms with van der Waals surface area (Å²) >= 11 is 0. The van der Waals surface area contributed by atoms with Crippen molar-refractivity contribution in [2.24, 2.45) is 0 Å². The maximum Gasteiger partial charge on any atom is 0.416 e. The van der Waals surface area contributed by atoms with Crippen molar-refractivity contribution in [1.82, 2.24) is 4.90 Å². The van der Waals surface area contributed by atoms with Crippen LogP contribution in [0.1, 0.15) is 24.5 Å². The molecule has 0 bridgehead atoms. The molecule has 7 heteroatoms. The number of amides is 1. The summed E-state index contributed by atoms with van der Waals surface area (Å²) in [5.74, 6) is -0.391. The Balaban J connectivity index is 2.02. The van der Waals surface area contributed by atoms with Gasteiger partial charge in [-0.25, -0.2) is 0 Å². The van der Waals surface area contributed by atoms with Gasteiger partial charge in [-0.2, -0.15) is 13.2 Å². The molecular formula is C16H21F3N2O2. The zero-order chi connectivity index (χ0) is 16.9. The fraction of sp³-hybridized carbons (Fsp3) is 0.562. The van der Waals surface area contributed by atoms with Gasteiger partial charge in [-0.3, -0.25) is 9.69 Å². The number of carbonyl (C=O) groups is 1. The van der Waals surface area contributed by atoms with Gasteiger partial charge in [0.1, 0.15) is 0 Å². The van der Waals surface area contributed by atoms with Crippen LogP contribution in [-0.4, -0.2) is 43.7 Å². The summed E-state index contributed by atoms with van der Waals surface area (Å²) in [7, 11) is 0. The number of morpholine rings is 1. The Hall–Kier alpha value is -1.60. The smallest absolute Gasteiger partial charge is 0.379 e. The summed E-state index contributed by atoms with van der Waals surface area (Å²) in [5.41, 5.74) is -0.243. The van der Waals surface area contributed by atoms with Crippen molar-refractivity contribution >= 4 is 11.6 Å². The molecule has 1 N–H and O–H groups in total. The van der Waals surface area contributed by atoms with Gasteiger partial charge in [0.15, 0.2) is 0 Å². The molecule has 0 spiro atoms. The lowest BCUT2D eigenvalue weighted by atomic mass is 10.0. The van der Waals surface area contributed by atoms with Crippen molar-refractivity contribution in [3.05, 3.63) is 29.3 Å². The minimum Gasteiger partial charge on any atom is -0.379 e.